The van der Waals surface area contributed by atoms with E-state index in [4.69, 9.17) is 0 Å². The highest BCUT2D eigenvalue weighted by Gasteiger charge is 2.20. The molecule has 2 rings (SSSR count). The van der Waals surface area contributed by atoms with E-state index in [0.717, 1.165) is 11.4 Å². The first kappa shape index (κ1) is 14.6. The number of hydrogen-bond acceptors (Lipinski definition) is 6. The second kappa shape index (κ2) is 5.68. The second-order valence-corrected chi connectivity index (χ2v) is 6.01. The number of likely N-dealkylation sites (N-methyl/N-ethyl adjacent to an activating group) is 1. The largest absolute Gasteiger partial charge is 0.351 e. The lowest BCUT2D eigenvalue weighted by atomic mass is 10.2. The number of amides is 1. The number of fused-ring (bicyclic) bond motifs is 1. The summed E-state index contributed by atoms with van der Waals surface area (Å²) in [5.74, 6) is -0.210. The fourth-order valence-corrected chi connectivity index (χ4v) is 2.88. The topological polar surface area (TPSA) is 80.1 Å². The van der Waals surface area contributed by atoms with Crippen molar-refractivity contribution in [3.8, 4) is 0 Å². The molecule has 0 spiro atoms. The lowest BCUT2D eigenvalue weighted by Crippen LogP contribution is -2.31. The SMILES string of the molecule is Cc1sc2c(=O)n(C)nnc2c1C(=O)NCCN(C)C. The van der Waals surface area contributed by atoms with Crippen LogP contribution in [-0.2, 0) is 7.05 Å². The molecule has 108 valence electrons. The van der Waals surface area contributed by atoms with Crippen molar-refractivity contribution in [3.05, 3.63) is 20.8 Å². The Morgan fingerprint density at radius 2 is 2.15 bits per heavy atom. The summed E-state index contributed by atoms with van der Waals surface area (Å²) in [6.07, 6.45) is 0. The Balaban J connectivity index is 2.35. The van der Waals surface area contributed by atoms with E-state index in [-0.39, 0.29) is 11.5 Å². The Morgan fingerprint density at radius 1 is 1.45 bits per heavy atom. The normalized spacial score (nSPS) is 11.2. The smallest absolute Gasteiger partial charge is 0.287 e. The summed E-state index contributed by atoms with van der Waals surface area (Å²) in [6, 6.07) is 0. The first-order valence-corrected chi connectivity index (χ1v) is 6.99. The summed E-state index contributed by atoms with van der Waals surface area (Å²) in [7, 11) is 5.42. The van der Waals surface area contributed by atoms with Crippen LogP contribution in [-0.4, -0.2) is 53.0 Å². The average Bonchev–Trinajstić information content (AvgIpc) is 2.70. The minimum Gasteiger partial charge on any atom is -0.351 e. The summed E-state index contributed by atoms with van der Waals surface area (Å²) in [6.45, 7) is 3.10. The number of hydrogen-bond donors (Lipinski definition) is 1. The van der Waals surface area contributed by atoms with Crippen LogP contribution >= 0.6 is 11.3 Å². The van der Waals surface area contributed by atoms with Gasteiger partial charge >= 0.3 is 0 Å². The zero-order chi connectivity index (χ0) is 14.9. The van der Waals surface area contributed by atoms with Gasteiger partial charge in [0, 0.05) is 25.0 Å². The van der Waals surface area contributed by atoms with Gasteiger partial charge in [0.25, 0.3) is 11.5 Å². The van der Waals surface area contributed by atoms with E-state index in [9.17, 15) is 9.59 Å². The van der Waals surface area contributed by atoms with Crippen LogP contribution in [0.15, 0.2) is 4.79 Å². The molecule has 0 aliphatic heterocycles. The van der Waals surface area contributed by atoms with Gasteiger partial charge in [-0.15, -0.1) is 16.4 Å². The quantitative estimate of drug-likeness (QED) is 0.858. The molecule has 0 saturated heterocycles. The molecule has 1 amide bonds. The summed E-state index contributed by atoms with van der Waals surface area (Å²) >= 11 is 1.28. The van der Waals surface area contributed by atoms with Crippen molar-refractivity contribution < 1.29 is 4.79 Å². The van der Waals surface area contributed by atoms with Crippen LogP contribution < -0.4 is 10.9 Å². The molecule has 20 heavy (non-hydrogen) atoms. The van der Waals surface area contributed by atoms with Crippen LogP contribution in [0, 0.1) is 6.92 Å². The highest BCUT2D eigenvalue weighted by Crippen LogP contribution is 2.25. The molecule has 0 fully saturated rings. The van der Waals surface area contributed by atoms with Gasteiger partial charge in [-0.25, -0.2) is 4.68 Å². The van der Waals surface area contributed by atoms with Crippen LogP contribution in [0.1, 0.15) is 15.2 Å². The average molecular weight is 295 g/mol. The lowest BCUT2D eigenvalue weighted by molar-refractivity contribution is 0.0952. The van der Waals surface area contributed by atoms with Crippen LogP contribution in [0.2, 0.25) is 0 Å². The Labute approximate surface area is 120 Å². The molecule has 8 heteroatoms. The highest BCUT2D eigenvalue weighted by molar-refractivity contribution is 7.19. The van der Waals surface area contributed by atoms with Crippen molar-refractivity contribution in [2.24, 2.45) is 7.05 Å². The molecule has 0 radical (unpaired) electrons. The van der Waals surface area contributed by atoms with E-state index in [2.05, 4.69) is 15.6 Å². The monoisotopic (exact) mass is 295 g/mol. The van der Waals surface area contributed by atoms with Crippen molar-refractivity contribution in [1.82, 2.24) is 25.2 Å². The maximum absolute atomic E-state index is 12.2. The number of carbonyl (C=O) groups excluding carboxylic acids is 1. The van der Waals surface area contributed by atoms with Gasteiger partial charge in [-0.3, -0.25) is 9.59 Å². The van der Waals surface area contributed by atoms with E-state index in [1.807, 2.05) is 25.9 Å². The molecule has 7 nitrogen and oxygen atoms in total. The molecule has 0 aliphatic rings. The highest BCUT2D eigenvalue weighted by atomic mass is 32.1. The molecule has 0 bridgehead atoms. The molecular formula is C12H17N5O2S. The van der Waals surface area contributed by atoms with Gasteiger partial charge in [0.05, 0.1) is 5.56 Å². The molecule has 0 aliphatic carbocycles. The summed E-state index contributed by atoms with van der Waals surface area (Å²) in [5.41, 5.74) is 0.613. The van der Waals surface area contributed by atoms with Gasteiger partial charge < -0.3 is 10.2 Å². The number of aryl methyl sites for hydroxylation is 2. The van der Waals surface area contributed by atoms with Crippen molar-refractivity contribution >= 4 is 27.5 Å². The molecular weight excluding hydrogens is 278 g/mol. The molecule has 2 aromatic heterocycles. The summed E-state index contributed by atoms with van der Waals surface area (Å²) < 4.78 is 1.64. The van der Waals surface area contributed by atoms with E-state index < -0.39 is 0 Å². The molecule has 1 N–H and O–H groups in total. The molecule has 0 unspecified atom stereocenters. The van der Waals surface area contributed by atoms with Gasteiger partial charge in [0.15, 0.2) is 0 Å². The van der Waals surface area contributed by atoms with Crippen molar-refractivity contribution in [2.45, 2.75) is 6.92 Å². The van der Waals surface area contributed by atoms with Crippen LogP contribution in [0.25, 0.3) is 10.2 Å². The van der Waals surface area contributed by atoms with Crippen LogP contribution in [0.5, 0.6) is 0 Å². The summed E-state index contributed by atoms with van der Waals surface area (Å²) in [4.78, 5) is 26.9. The maximum Gasteiger partial charge on any atom is 0.287 e. The van der Waals surface area contributed by atoms with Crippen molar-refractivity contribution in [2.75, 3.05) is 27.2 Å². The lowest BCUT2D eigenvalue weighted by Gasteiger charge is -2.10. The maximum atomic E-state index is 12.2. The number of nitrogens with zero attached hydrogens (tertiary/aromatic N) is 4. The first-order chi connectivity index (χ1) is 9.41. The number of rotatable bonds is 4. The number of thiophene rings is 1. The van der Waals surface area contributed by atoms with Crippen LogP contribution in [0.4, 0.5) is 0 Å². The Hall–Kier alpha value is -1.80. The fraction of sp³-hybridized carbons (Fsp3) is 0.500. The van der Waals surface area contributed by atoms with Gasteiger partial charge in [0.2, 0.25) is 0 Å². The molecule has 2 heterocycles. The summed E-state index contributed by atoms with van der Waals surface area (Å²) in [5, 5.41) is 10.6. The van der Waals surface area contributed by atoms with Gasteiger partial charge in [-0.1, -0.05) is 5.21 Å². The van der Waals surface area contributed by atoms with Crippen molar-refractivity contribution in [3.63, 3.8) is 0 Å². The Morgan fingerprint density at radius 3 is 2.80 bits per heavy atom. The zero-order valence-electron chi connectivity index (χ0n) is 11.9. The second-order valence-electron chi connectivity index (χ2n) is 4.79. The Bertz CT molecular complexity index is 704. The van der Waals surface area contributed by atoms with Gasteiger partial charge in [-0.05, 0) is 21.0 Å². The molecule has 0 saturated carbocycles. The third-order valence-corrected chi connectivity index (χ3v) is 3.98. The number of carbonyl (C=O) groups is 1. The third kappa shape index (κ3) is 2.70. The van der Waals surface area contributed by atoms with Gasteiger partial charge in [0.1, 0.15) is 10.2 Å². The third-order valence-electron chi connectivity index (χ3n) is 2.90. The Kier molecular flexibility index (Phi) is 4.15. The standard InChI is InChI=1S/C12H17N5O2S/c1-7-8(11(18)13-5-6-16(2)3)9-10(20-7)12(19)17(4)15-14-9/h5-6H2,1-4H3,(H,13,18). The van der Waals surface area contributed by atoms with E-state index in [1.165, 1.54) is 16.0 Å². The number of nitrogens with one attached hydrogen (secondary N) is 1. The molecule has 0 atom stereocenters. The number of aromatic nitrogens is 3. The minimum absolute atomic E-state index is 0.210. The molecule has 2 aromatic rings. The predicted molar refractivity (Wildman–Crippen MR) is 78.3 cm³/mol. The van der Waals surface area contributed by atoms with E-state index in [1.54, 1.807) is 7.05 Å². The zero-order valence-corrected chi connectivity index (χ0v) is 12.7. The van der Waals surface area contributed by atoms with Crippen LogP contribution in [0.3, 0.4) is 0 Å². The van der Waals surface area contributed by atoms with Gasteiger partial charge in [-0.2, -0.15) is 0 Å². The van der Waals surface area contributed by atoms with Crippen molar-refractivity contribution in [1.29, 1.82) is 0 Å². The molecule has 0 aromatic carbocycles. The van der Waals surface area contributed by atoms with E-state index >= 15 is 0 Å². The van der Waals surface area contributed by atoms with E-state index in [0.29, 0.717) is 22.3 Å². The minimum atomic E-state index is -0.226. The first-order valence-electron chi connectivity index (χ1n) is 6.18. The fourth-order valence-electron chi connectivity index (χ4n) is 1.82. The predicted octanol–water partition coefficient (Wildman–Crippen LogP) is -0.0102.